The van der Waals surface area contributed by atoms with Gasteiger partial charge in [-0.25, -0.2) is 13.5 Å². The molecule has 0 saturated heterocycles. The summed E-state index contributed by atoms with van der Waals surface area (Å²) in [4.78, 5) is 12.2. The second kappa shape index (κ2) is 6.48. The summed E-state index contributed by atoms with van der Waals surface area (Å²) < 4.78 is 28.7. The van der Waals surface area contributed by atoms with Crippen molar-refractivity contribution in [1.82, 2.24) is 9.78 Å². The van der Waals surface area contributed by atoms with E-state index >= 15 is 0 Å². The lowest BCUT2D eigenvalue weighted by Crippen LogP contribution is -2.20. The molecular formula is C17H19F2N3O. The highest BCUT2D eigenvalue weighted by atomic mass is 19.2. The van der Waals surface area contributed by atoms with Crippen LogP contribution in [0.25, 0.3) is 0 Å². The van der Waals surface area contributed by atoms with Gasteiger partial charge in [0.1, 0.15) is 5.82 Å². The second-order valence-corrected chi connectivity index (χ2v) is 6.00. The Bertz CT molecular complexity index is 721. The van der Waals surface area contributed by atoms with E-state index in [4.69, 9.17) is 0 Å². The molecule has 1 aromatic heterocycles. The number of carbonyl (C=O) groups is 1. The van der Waals surface area contributed by atoms with E-state index in [-0.39, 0.29) is 17.9 Å². The van der Waals surface area contributed by atoms with Gasteiger partial charge in [0.15, 0.2) is 11.6 Å². The highest BCUT2D eigenvalue weighted by Gasteiger charge is 2.22. The van der Waals surface area contributed by atoms with Crippen LogP contribution in [0, 0.1) is 18.6 Å². The Kier molecular flexibility index (Phi) is 4.41. The summed E-state index contributed by atoms with van der Waals surface area (Å²) in [5.74, 6) is -1.64. The Balaban J connectivity index is 1.75. The van der Waals surface area contributed by atoms with Crippen LogP contribution in [0.1, 0.15) is 42.9 Å². The number of benzene rings is 1. The first-order valence-electron chi connectivity index (χ1n) is 7.83. The molecule has 1 aromatic carbocycles. The molecule has 122 valence electrons. The molecule has 1 saturated carbocycles. The first-order valence-corrected chi connectivity index (χ1v) is 7.83. The summed E-state index contributed by atoms with van der Waals surface area (Å²) in [5.41, 5.74) is 0.914. The van der Waals surface area contributed by atoms with Crippen molar-refractivity contribution in [3.8, 4) is 0 Å². The minimum atomic E-state index is -0.969. The molecule has 0 radical (unpaired) electrons. The fourth-order valence-corrected chi connectivity index (χ4v) is 3.06. The fourth-order valence-electron chi connectivity index (χ4n) is 3.06. The largest absolute Gasteiger partial charge is 0.310 e. The molecule has 23 heavy (non-hydrogen) atoms. The van der Waals surface area contributed by atoms with Gasteiger partial charge in [0.25, 0.3) is 0 Å². The standard InChI is InChI=1S/C17H19F2N3O/c1-11-10-20-22(13-6-2-3-7-13)17(11)21-15(23)9-12-5-4-8-14(18)16(12)19/h4-5,8,10,13H,2-3,6-7,9H2,1H3,(H,21,23). The number of halogens is 2. The number of hydrogen-bond acceptors (Lipinski definition) is 2. The van der Waals surface area contributed by atoms with E-state index in [1.54, 1.807) is 6.20 Å². The Labute approximate surface area is 133 Å². The average molecular weight is 319 g/mol. The lowest BCUT2D eigenvalue weighted by molar-refractivity contribution is -0.115. The van der Waals surface area contributed by atoms with E-state index in [9.17, 15) is 13.6 Å². The Morgan fingerprint density at radius 2 is 2.09 bits per heavy atom. The van der Waals surface area contributed by atoms with Crippen molar-refractivity contribution in [1.29, 1.82) is 0 Å². The Morgan fingerprint density at radius 1 is 1.35 bits per heavy atom. The zero-order chi connectivity index (χ0) is 16.4. The molecule has 2 aromatic rings. The van der Waals surface area contributed by atoms with E-state index in [1.165, 1.54) is 12.1 Å². The fraction of sp³-hybridized carbons (Fsp3) is 0.412. The van der Waals surface area contributed by atoms with E-state index < -0.39 is 11.6 Å². The Hall–Kier alpha value is -2.24. The number of amides is 1. The minimum absolute atomic E-state index is 0.0482. The highest BCUT2D eigenvalue weighted by Crippen LogP contribution is 2.32. The van der Waals surface area contributed by atoms with Crippen LogP contribution in [-0.4, -0.2) is 15.7 Å². The molecule has 1 aliphatic carbocycles. The SMILES string of the molecule is Cc1cnn(C2CCCC2)c1NC(=O)Cc1cccc(F)c1F. The second-order valence-electron chi connectivity index (χ2n) is 6.00. The van der Waals surface area contributed by atoms with Gasteiger partial charge in [-0.2, -0.15) is 5.10 Å². The summed E-state index contributed by atoms with van der Waals surface area (Å²) in [6, 6.07) is 4.15. The van der Waals surface area contributed by atoms with Crippen LogP contribution < -0.4 is 5.32 Å². The van der Waals surface area contributed by atoms with E-state index in [2.05, 4.69) is 10.4 Å². The highest BCUT2D eigenvalue weighted by molar-refractivity contribution is 5.92. The topological polar surface area (TPSA) is 46.9 Å². The lowest BCUT2D eigenvalue weighted by Gasteiger charge is -2.15. The summed E-state index contributed by atoms with van der Waals surface area (Å²) in [6.45, 7) is 1.87. The molecule has 1 heterocycles. The molecule has 1 aliphatic rings. The van der Waals surface area contributed by atoms with Gasteiger partial charge in [-0.05, 0) is 25.8 Å². The van der Waals surface area contributed by atoms with Crippen molar-refractivity contribution in [2.45, 2.75) is 45.1 Å². The van der Waals surface area contributed by atoms with Gasteiger partial charge in [-0.1, -0.05) is 25.0 Å². The normalized spacial score (nSPS) is 15.1. The van der Waals surface area contributed by atoms with Gasteiger partial charge in [0, 0.05) is 11.1 Å². The summed E-state index contributed by atoms with van der Waals surface area (Å²) in [6.07, 6.45) is 5.91. The molecule has 6 heteroatoms. The van der Waals surface area contributed by atoms with Gasteiger partial charge in [0.05, 0.1) is 18.7 Å². The number of aryl methyl sites for hydroxylation is 1. The van der Waals surface area contributed by atoms with Gasteiger partial charge in [-0.3, -0.25) is 4.79 Å². The minimum Gasteiger partial charge on any atom is -0.310 e. The molecule has 0 unspecified atom stereocenters. The van der Waals surface area contributed by atoms with Crippen molar-refractivity contribution in [2.75, 3.05) is 5.32 Å². The third-order valence-corrected chi connectivity index (χ3v) is 4.29. The van der Waals surface area contributed by atoms with Crippen molar-refractivity contribution in [3.05, 3.63) is 47.2 Å². The van der Waals surface area contributed by atoms with Crippen LogP contribution in [0.3, 0.4) is 0 Å². The third-order valence-electron chi connectivity index (χ3n) is 4.29. The number of anilines is 1. The van der Waals surface area contributed by atoms with Crippen LogP contribution in [0.4, 0.5) is 14.6 Å². The molecule has 0 aliphatic heterocycles. The van der Waals surface area contributed by atoms with Crippen LogP contribution in [0.15, 0.2) is 24.4 Å². The van der Waals surface area contributed by atoms with Crippen LogP contribution in [0.5, 0.6) is 0 Å². The van der Waals surface area contributed by atoms with Gasteiger partial charge in [-0.15, -0.1) is 0 Å². The molecule has 1 N–H and O–H groups in total. The molecule has 3 rings (SSSR count). The maximum atomic E-state index is 13.7. The number of hydrogen-bond donors (Lipinski definition) is 1. The molecule has 4 nitrogen and oxygen atoms in total. The maximum Gasteiger partial charge on any atom is 0.230 e. The Morgan fingerprint density at radius 3 is 2.83 bits per heavy atom. The van der Waals surface area contributed by atoms with Crippen molar-refractivity contribution < 1.29 is 13.6 Å². The number of nitrogens with zero attached hydrogens (tertiary/aromatic N) is 2. The van der Waals surface area contributed by atoms with E-state index in [0.717, 1.165) is 37.3 Å². The number of aromatic nitrogens is 2. The van der Waals surface area contributed by atoms with Crippen LogP contribution >= 0.6 is 0 Å². The quantitative estimate of drug-likeness (QED) is 0.932. The van der Waals surface area contributed by atoms with Crippen molar-refractivity contribution >= 4 is 11.7 Å². The lowest BCUT2D eigenvalue weighted by atomic mass is 10.1. The van der Waals surface area contributed by atoms with Crippen molar-refractivity contribution in [2.24, 2.45) is 0 Å². The van der Waals surface area contributed by atoms with Crippen LogP contribution in [-0.2, 0) is 11.2 Å². The predicted molar refractivity (Wildman–Crippen MR) is 83.2 cm³/mol. The van der Waals surface area contributed by atoms with Gasteiger partial charge in [0.2, 0.25) is 5.91 Å². The number of nitrogens with one attached hydrogen (secondary N) is 1. The molecule has 0 atom stereocenters. The number of carbonyl (C=O) groups excluding carboxylic acids is 1. The number of rotatable bonds is 4. The smallest absolute Gasteiger partial charge is 0.230 e. The predicted octanol–water partition coefficient (Wildman–Crippen LogP) is 3.77. The average Bonchev–Trinajstić information content (AvgIpc) is 3.15. The molecule has 1 fully saturated rings. The van der Waals surface area contributed by atoms with E-state index in [0.29, 0.717) is 11.9 Å². The molecule has 1 amide bonds. The van der Waals surface area contributed by atoms with Crippen LogP contribution in [0.2, 0.25) is 0 Å². The zero-order valence-electron chi connectivity index (χ0n) is 13.0. The first-order chi connectivity index (χ1) is 11.1. The molecule has 0 bridgehead atoms. The summed E-state index contributed by atoms with van der Waals surface area (Å²) in [7, 11) is 0. The molecular weight excluding hydrogens is 300 g/mol. The first kappa shape index (κ1) is 15.6. The molecule has 0 spiro atoms. The van der Waals surface area contributed by atoms with Gasteiger partial charge >= 0.3 is 0 Å². The monoisotopic (exact) mass is 319 g/mol. The van der Waals surface area contributed by atoms with E-state index in [1.807, 2.05) is 11.6 Å². The van der Waals surface area contributed by atoms with Crippen molar-refractivity contribution in [3.63, 3.8) is 0 Å². The summed E-state index contributed by atoms with van der Waals surface area (Å²) in [5, 5.41) is 7.16. The maximum absolute atomic E-state index is 13.7. The third kappa shape index (κ3) is 3.25. The zero-order valence-corrected chi connectivity index (χ0v) is 13.0. The van der Waals surface area contributed by atoms with Gasteiger partial charge < -0.3 is 5.32 Å². The summed E-state index contributed by atoms with van der Waals surface area (Å²) >= 11 is 0.